The average Bonchev–Trinajstić information content (AvgIpc) is 2.73. The molecular formula is C16H26N4. The summed E-state index contributed by atoms with van der Waals surface area (Å²) in [6.45, 7) is 5.52. The molecule has 1 fully saturated rings. The van der Waals surface area contributed by atoms with Crippen molar-refractivity contribution >= 4 is 5.82 Å². The molecule has 20 heavy (non-hydrogen) atoms. The van der Waals surface area contributed by atoms with E-state index in [2.05, 4.69) is 27.1 Å². The van der Waals surface area contributed by atoms with E-state index in [0.29, 0.717) is 6.04 Å². The van der Waals surface area contributed by atoms with Gasteiger partial charge in [-0.25, -0.2) is 9.97 Å². The number of nitrogens with zero attached hydrogens (tertiary/aromatic N) is 3. The normalized spacial score (nSPS) is 20.6. The van der Waals surface area contributed by atoms with Gasteiger partial charge in [0.05, 0.1) is 0 Å². The molecule has 1 aromatic heterocycles. The van der Waals surface area contributed by atoms with E-state index >= 15 is 0 Å². The van der Waals surface area contributed by atoms with Crippen LogP contribution in [-0.4, -0.2) is 35.6 Å². The summed E-state index contributed by atoms with van der Waals surface area (Å²) in [5, 5.41) is 3.57. The van der Waals surface area contributed by atoms with Crippen LogP contribution in [0.4, 0.5) is 5.82 Å². The molecule has 4 heteroatoms. The molecule has 0 bridgehead atoms. The van der Waals surface area contributed by atoms with Gasteiger partial charge in [0.2, 0.25) is 0 Å². The molecule has 1 aliphatic carbocycles. The minimum atomic E-state index is 0.691. The van der Waals surface area contributed by atoms with Gasteiger partial charge < -0.3 is 10.2 Å². The van der Waals surface area contributed by atoms with Crippen LogP contribution in [0.15, 0.2) is 6.33 Å². The van der Waals surface area contributed by atoms with Crippen LogP contribution >= 0.6 is 0 Å². The quantitative estimate of drug-likeness (QED) is 0.859. The molecule has 0 unspecified atom stereocenters. The van der Waals surface area contributed by atoms with Gasteiger partial charge >= 0.3 is 0 Å². The Kier molecular flexibility index (Phi) is 4.51. The van der Waals surface area contributed by atoms with E-state index in [0.717, 1.165) is 26.1 Å². The first-order valence-electron chi connectivity index (χ1n) is 8.19. The van der Waals surface area contributed by atoms with Crippen LogP contribution in [0.25, 0.3) is 0 Å². The predicted molar refractivity (Wildman–Crippen MR) is 82.2 cm³/mol. The Morgan fingerprint density at radius 1 is 1.15 bits per heavy atom. The Balaban J connectivity index is 1.74. The maximum atomic E-state index is 4.62. The number of piperidine rings is 1. The monoisotopic (exact) mass is 274 g/mol. The van der Waals surface area contributed by atoms with Gasteiger partial charge in [0, 0.05) is 30.4 Å². The second-order valence-corrected chi connectivity index (χ2v) is 6.00. The van der Waals surface area contributed by atoms with E-state index < -0.39 is 0 Å². The highest BCUT2D eigenvalue weighted by molar-refractivity contribution is 5.49. The number of anilines is 1. The molecular weight excluding hydrogens is 248 g/mol. The van der Waals surface area contributed by atoms with Crippen molar-refractivity contribution in [3.05, 3.63) is 17.6 Å². The molecule has 0 spiro atoms. The molecule has 0 aromatic carbocycles. The van der Waals surface area contributed by atoms with E-state index in [4.69, 9.17) is 0 Å². The zero-order chi connectivity index (χ0) is 13.8. The topological polar surface area (TPSA) is 41.0 Å². The summed E-state index contributed by atoms with van der Waals surface area (Å²) in [5.74, 6) is 1.23. The minimum absolute atomic E-state index is 0.691. The van der Waals surface area contributed by atoms with Crippen molar-refractivity contribution in [2.24, 2.45) is 0 Å². The third-order valence-electron chi connectivity index (χ3n) is 4.64. The second kappa shape index (κ2) is 6.53. The number of hydrogen-bond donors (Lipinski definition) is 1. The maximum absolute atomic E-state index is 4.62. The van der Waals surface area contributed by atoms with Gasteiger partial charge in [0.15, 0.2) is 0 Å². The lowest BCUT2D eigenvalue weighted by atomic mass is 10.0. The van der Waals surface area contributed by atoms with Crippen molar-refractivity contribution in [2.45, 2.75) is 57.9 Å². The van der Waals surface area contributed by atoms with Gasteiger partial charge in [-0.15, -0.1) is 0 Å². The van der Waals surface area contributed by atoms with Gasteiger partial charge in [0.25, 0.3) is 0 Å². The lowest BCUT2D eigenvalue weighted by Gasteiger charge is -2.34. The molecule has 1 aromatic rings. The first kappa shape index (κ1) is 13.8. The van der Waals surface area contributed by atoms with Gasteiger partial charge in [-0.3, -0.25) is 0 Å². The Bertz CT molecular complexity index is 438. The fraction of sp³-hybridized carbons (Fsp3) is 0.750. The Morgan fingerprint density at radius 2 is 1.95 bits per heavy atom. The largest absolute Gasteiger partial charge is 0.356 e. The average molecular weight is 274 g/mol. The maximum Gasteiger partial charge on any atom is 0.135 e. The van der Waals surface area contributed by atoms with E-state index in [1.807, 2.05) is 0 Å². The molecule has 0 atom stereocenters. The first-order chi connectivity index (χ1) is 9.88. The summed E-state index contributed by atoms with van der Waals surface area (Å²) in [7, 11) is 0. The molecule has 4 nitrogen and oxygen atoms in total. The number of aryl methyl sites for hydroxylation is 1. The highest BCUT2D eigenvalue weighted by Gasteiger charge is 2.23. The number of rotatable bonds is 3. The van der Waals surface area contributed by atoms with Crippen LogP contribution in [0.1, 0.15) is 50.3 Å². The summed E-state index contributed by atoms with van der Waals surface area (Å²) in [5.41, 5.74) is 2.74. The Labute approximate surface area is 122 Å². The molecule has 1 N–H and O–H groups in total. The third kappa shape index (κ3) is 2.95. The minimum Gasteiger partial charge on any atom is -0.356 e. The van der Waals surface area contributed by atoms with Crippen LogP contribution < -0.4 is 10.2 Å². The van der Waals surface area contributed by atoms with E-state index in [-0.39, 0.29) is 0 Å². The highest BCUT2D eigenvalue weighted by atomic mass is 15.2. The second-order valence-electron chi connectivity index (χ2n) is 6.00. The van der Waals surface area contributed by atoms with Gasteiger partial charge in [0.1, 0.15) is 12.1 Å². The van der Waals surface area contributed by atoms with Crippen molar-refractivity contribution in [3.8, 4) is 0 Å². The Morgan fingerprint density at radius 3 is 2.75 bits per heavy atom. The molecule has 110 valence electrons. The van der Waals surface area contributed by atoms with Gasteiger partial charge in [-0.2, -0.15) is 0 Å². The predicted octanol–water partition coefficient (Wildman–Crippen LogP) is 2.32. The standard InChI is InChI=1S/C16H26N4/c1-2-17-13-8-10-20(11-9-13)16-14-6-4-3-5-7-15(14)18-12-19-16/h12-13,17H,2-11H2,1H3. The molecule has 1 saturated heterocycles. The molecule has 0 radical (unpaired) electrons. The van der Waals surface area contributed by atoms with Crippen LogP contribution in [0.5, 0.6) is 0 Å². The summed E-state index contributed by atoms with van der Waals surface area (Å²) in [4.78, 5) is 11.6. The molecule has 1 aliphatic heterocycles. The first-order valence-corrected chi connectivity index (χ1v) is 8.19. The molecule has 0 saturated carbocycles. The number of hydrogen-bond acceptors (Lipinski definition) is 4. The summed E-state index contributed by atoms with van der Waals surface area (Å²) in [6.07, 6.45) is 10.4. The SMILES string of the molecule is CCNC1CCN(c2ncnc3c2CCCCC3)CC1. The van der Waals surface area contributed by atoms with Crippen LogP contribution in [0, 0.1) is 0 Å². The highest BCUT2D eigenvalue weighted by Crippen LogP contribution is 2.28. The smallest absolute Gasteiger partial charge is 0.135 e. The van der Waals surface area contributed by atoms with Crippen molar-refractivity contribution in [3.63, 3.8) is 0 Å². The zero-order valence-electron chi connectivity index (χ0n) is 12.6. The fourth-order valence-corrected chi connectivity index (χ4v) is 3.54. The van der Waals surface area contributed by atoms with Crippen molar-refractivity contribution < 1.29 is 0 Å². The molecule has 3 rings (SSSR count). The molecule has 2 aliphatic rings. The van der Waals surface area contributed by atoms with E-state index in [1.165, 1.54) is 55.6 Å². The van der Waals surface area contributed by atoms with Gasteiger partial charge in [-0.05, 0) is 45.1 Å². The van der Waals surface area contributed by atoms with Crippen molar-refractivity contribution in [1.82, 2.24) is 15.3 Å². The fourth-order valence-electron chi connectivity index (χ4n) is 3.54. The number of aromatic nitrogens is 2. The van der Waals surface area contributed by atoms with E-state index in [1.54, 1.807) is 6.33 Å². The van der Waals surface area contributed by atoms with Crippen LogP contribution in [0.3, 0.4) is 0 Å². The van der Waals surface area contributed by atoms with Crippen LogP contribution in [0.2, 0.25) is 0 Å². The Hall–Kier alpha value is -1.16. The summed E-state index contributed by atoms with van der Waals surface area (Å²) < 4.78 is 0. The third-order valence-corrected chi connectivity index (χ3v) is 4.64. The van der Waals surface area contributed by atoms with Crippen molar-refractivity contribution in [1.29, 1.82) is 0 Å². The van der Waals surface area contributed by atoms with Gasteiger partial charge in [-0.1, -0.05) is 13.3 Å². The van der Waals surface area contributed by atoms with Crippen LogP contribution in [-0.2, 0) is 12.8 Å². The molecule has 2 heterocycles. The lowest BCUT2D eigenvalue weighted by Crippen LogP contribution is -2.43. The summed E-state index contributed by atoms with van der Waals surface area (Å²) >= 11 is 0. The zero-order valence-corrected chi connectivity index (χ0v) is 12.6. The number of fused-ring (bicyclic) bond motifs is 1. The number of nitrogens with one attached hydrogen (secondary N) is 1. The summed E-state index contributed by atoms with van der Waals surface area (Å²) in [6, 6.07) is 0.691. The molecule has 0 amide bonds. The van der Waals surface area contributed by atoms with Crippen molar-refractivity contribution in [2.75, 3.05) is 24.5 Å². The van der Waals surface area contributed by atoms with E-state index in [9.17, 15) is 0 Å². The lowest BCUT2D eigenvalue weighted by molar-refractivity contribution is 0.422.